The van der Waals surface area contributed by atoms with E-state index in [1.807, 2.05) is 30.3 Å². The molecule has 3 aromatic rings. The van der Waals surface area contributed by atoms with Crippen LogP contribution in [0.2, 0.25) is 0 Å². The second-order valence-electron chi connectivity index (χ2n) is 7.25. The van der Waals surface area contributed by atoms with E-state index in [-0.39, 0.29) is 37.8 Å². The Hall–Kier alpha value is -2.76. The van der Waals surface area contributed by atoms with Crippen LogP contribution >= 0.6 is 11.8 Å². The average Bonchev–Trinajstić information content (AvgIpc) is 3.30. The first-order valence-electron chi connectivity index (χ1n) is 9.96. The SMILES string of the molecule is O=C(c1occc1CSc1ccccc1)N1CCN(S(=O)(=O)c2ccc(F)c(F)c2F)CC1. The van der Waals surface area contributed by atoms with Crippen LogP contribution in [0.3, 0.4) is 0 Å². The van der Waals surface area contributed by atoms with Gasteiger partial charge in [-0.25, -0.2) is 21.6 Å². The predicted molar refractivity (Wildman–Crippen MR) is 116 cm³/mol. The zero-order valence-corrected chi connectivity index (χ0v) is 18.8. The quantitative estimate of drug-likeness (QED) is 0.379. The van der Waals surface area contributed by atoms with Crippen molar-refractivity contribution in [3.8, 4) is 0 Å². The molecule has 0 radical (unpaired) electrons. The summed E-state index contributed by atoms with van der Waals surface area (Å²) in [6.45, 7) is -0.173. The van der Waals surface area contributed by atoms with Gasteiger partial charge in [-0.2, -0.15) is 4.31 Å². The molecule has 0 aliphatic carbocycles. The number of thioether (sulfide) groups is 1. The molecule has 0 saturated carbocycles. The minimum atomic E-state index is -4.40. The summed E-state index contributed by atoms with van der Waals surface area (Å²) in [5.74, 6) is -4.75. The van der Waals surface area contributed by atoms with E-state index < -0.39 is 32.4 Å². The number of furan rings is 1. The van der Waals surface area contributed by atoms with Crippen molar-refractivity contribution in [2.75, 3.05) is 26.2 Å². The molecule has 1 fully saturated rings. The molecule has 33 heavy (non-hydrogen) atoms. The van der Waals surface area contributed by atoms with Crippen molar-refractivity contribution in [3.05, 3.63) is 83.6 Å². The fraction of sp³-hybridized carbons (Fsp3) is 0.227. The van der Waals surface area contributed by atoms with Crippen molar-refractivity contribution in [2.45, 2.75) is 15.5 Å². The van der Waals surface area contributed by atoms with E-state index in [9.17, 15) is 26.4 Å². The molecule has 4 rings (SSSR count). The van der Waals surface area contributed by atoms with Crippen LogP contribution in [0.4, 0.5) is 13.2 Å². The van der Waals surface area contributed by atoms with Gasteiger partial charge in [0, 0.05) is 42.4 Å². The monoisotopic (exact) mass is 496 g/mol. The smallest absolute Gasteiger partial charge is 0.289 e. The lowest BCUT2D eigenvalue weighted by Crippen LogP contribution is -2.50. The fourth-order valence-electron chi connectivity index (χ4n) is 3.44. The number of carbonyl (C=O) groups excluding carboxylic acids is 1. The normalized spacial score (nSPS) is 15.1. The Labute approximate surface area is 193 Å². The molecule has 174 valence electrons. The summed E-state index contributed by atoms with van der Waals surface area (Å²) in [5.41, 5.74) is 0.716. The molecule has 0 N–H and O–H groups in total. The van der Waals surface area contributed by atoms with Gasteiger partial charge in [0.1, 0.15) is 4.90 Å². The summed E-state index contributed by atoms with van der Waals surface area (Å²) < 4.78 is 72.5. The van der Waals surface area contributed by atoms with Crippen molar-refractivity contribution in [2.24, 2.45) is 0 Å². The third-order valence-corrected chi connectivity index (χ3v) is 8.20. The lowest BCUT2D eigenvalue weighted by molar-refractivity contribution is 0.0664. The molecule has 1 amide bonds. The van der Waals surface area contributed by atoms with Gasteiger partial charge in [-0.05, 0) is 30.3 Å². The Kier molecular flexibility index (Phi) is 6.82. The van der Waals surface area contributed by atoms with Crippen molar-refractivity contribution in [1.82, 2.24) is 9.21 Å². The standard InChI is InChI=1S/C22H19F3N2O4S2/c23-17-6-7-18(20(25)19(17)24)33(29,30)27-11-9-26(10-12-27)22(28)21-15(8-13-31-21)14-32-16-4-2-1-3-5-16/h1-8,13H,9-12,14H2. The van der Waals surface area contributed by atoms with Gasteiger partial charge in [0.15, 0.2) is 23.2 Å². The number of carbonyl (C=O) groups is 1. The van der Waals surface area contributed by atoms with Crippen LogP contribution in [0.25, 0.3) is 0 Å². The molecule has 0 spiro atoms. The molecule has 1 saturated heterocycles. The highest BCUT2D eigenvalue weighted by atomic mass is 32.2. The van der Waals surface area contributed by atoms with Gasteiger partial charge in [0.25, 0.3) is 5.91 Å². The van der Waals surface area contributed by atoms with Gasteiger partial charge < -0.3 is 9.32 Å². The molecular weight excluding hydrogens is 477 g/mol. The number of rotatable bonds is 6. The van der Waals surface area contributed by atoms with E-state index in [1.54, 1.807) is 17.8 Å². The van der Waals surface area contributed by atoms with Gasteiger partial charge >= 0.3 is 0 Å². The zero-order chi connectivity index (χ0) is 23.6. The minimum absolute atomic E-state index is 0.0370. The van der Waals surface area contributed by atoms with Crippen molar-refractivity contribution < 1.29 is 30.8 Å². The molecule has 0 unspecified atom stereocenters. The van der Waals surface area contributed by atoms with Crippen LogP contribution in [0.15, 0.2) is 69.0 Å². The number of sulfonamides is 1. The molecular formula is C22H19F3N2O4S2. The summed E-state index contributed by atoms with van der Waals surface area (Å²) in [6.07, 6.45) is 1.43. The van der Waals surface area contributed by atoms with Gasteiger partial charge in [-0.15, -0.1) is 11.8 Å². The van der Waals surface area contributed by atoms with Crippen molar-refractivity contribution in [1.29, 1.82) is 0 Å². The van der Waals surface area contributed by atoms with Gasteiger partial charge in [-0.1, -0.05) is 18.2 Å². The summed E-state index contributed by atoms with van der Waals surface area (Å²) in [6, 6.07) is 12.7. The number of hydrogen-bond donors (Lipinski definition) is 0. The summed E-state index contributed by atoms with van der Waals surface area (Å²) in [5, 5.41) is 0. The lowest BCUT2D eigenvalue weighted by Gasteiger charge is -2.33. The third kappa shape index (κ3) is 4.80. The number of amides is 1. The largest absolute Gasteiger partial charge is 0.459 e. The van der Waals surface area contributed by atoms with Crippen LogP contribution < -0.4 is 0 Å². The average molecular weight is 497 g/mol. The first-order valence-corrected chi connectivity index (χ1v) is 12.4. The number of nitrogens with zero attached hydrogens (tertiary/aromatic N) is 2. The van der Waals surface area contributed by atoms with E-state index in [4.69, 9.17) is 4.42 Å². The van der Waals surface area contributed by atoms with Gasteiger partial charge in [0.2, 0.25) is 10.0 Å². The van der Waals surface area contributed by atoms with Crippen LogP contribution in [0, 0.1) is 17.5 Å². The lowest BCUT2D eigenvalue weighted by atomic mass is 10.2. The molecule has 2 heterocycles. The van der Waals surface area contributed by atoms with E-state index in [0.29, 0.717) is 23.4 Å². The molecule has 2 aromatic carbocycles. The predicted octanol–water partition coefficient (Wildman–Crippen LogP) is 4.14. The summed E-state index contributed by atoms with van der Waals surface area (Å²) in [4.78, 5) is 14.5. The minimum Gasteiger partial charge on any atom is -0.459 e. The van der Waals surface area contributed by atoms with E-state index in [0.717, 1.165) is 9.20 Å². The molecule has 1 aliphatic rings. The Morgan fingerprint density at radius 2 is 1.64 bits per heavy atom. The molecule has 6 nitrogen and oxygen atoms in total. The van der Waals surface area contributed by atoms with E-state index in [2.05, 4.69) is 0 Å². The van der Waals surface area contributed by atoms with Crippen LogP contribution in [-0.4, -0.2) is 49.7 Å². The molecule has 1 aliphatic heterocycles. The molecule has 1 aromatic heterocycles. The number of piperazine rings is 1. The highest BCUT2D eigenvalue weighted by molar-refractivity contribution is 7.98. The molecule has 0 atom stereocenters. The number of halogens is 3. The Balaban J connectivity index is 1.42. The zero-order valence-electron chi connectivity index (χ0n) is 17.2. The van der Waals surface area contributed by atoms with Crippen LogP contribution in [-0.2, 0) is 15.8 Å². The van der Waals surface area contributed by atoms with Crippen molar-refractivity contribution >= 4 is 27.7 Å². The highest BCUT2D eigenvalue weighted by Crippen LogP contribution is 2.27. The maximum absolute atomic E-state index is 14.0. The second-order valence-corrected chi connectivity index (χ2v) is 10.2. The first kappa shape index (κ1) is 23.4. The van der Waals surface area contributed by atoms with Crippen LogP contribution in [0.5, 0.6) is 0 Å². The second kappa shape index (κ2) is 9.62. The Morgan fingerprint density at radius 3 is 2.33 bits per heavy atom. The topological polar surface area (TPSA) is 70.8 Å². The third-order valence-electron chi connectivity index (χ3n) is 5.22. The van der Waals surface area contributed by atoms with Crippen molar-refractivity contribution in [3.63, 3.8) is 0 Å². The van der Waals surface area contributed by atoms with Gasteiger partial charge in [0.05, 0.1) is 6.26 Å². The number of hydrogen-bond acceptors (Lipinski definition) is 5. The molecule has 11 heteroatoms. The van der Waals surface area contributed by atoms with E-state index in [1.165, 1.54) is 11.2 Å². The summed E-state index contributed by atoms with van der Waals surface area (Å²) in [7, 11) is -4.40. The maximum Gasteiger partial charge on any atom is 0.289 e. The van der Waals surface area contributed by atoms with Gasteiger partial charge in [-0.3, -0.25) is 4.79 Å². The summed E-state index contributed by atoms with van der Waals surface area (Å²) >= 11 is 1.55. The fourth-order valence-corrected chi connectivity index (χ4v) is 5.81. The Bertz CT molecular complexity index is 1260. The highest BCUT2D eigenvalue weighted by Gasteiger charge is 2.34. The van der Waals surface area contributed by atoms with Crippen LogP contribution in [0.1, 0.15) is 16.1 Å². The number of benzene rings is 2. The maximum atomic E-state index is 14.0. The van der Waals surface area contributed by atoms with E-state index >= 15 is 0 Å². The molecule has 0 bridgehead atoms. The Morgan fingerprint density at radius 1 is 0.939 bits per heavy atom. The first-order chi connectivity index (χ1) is 15.8.